The summed E-state index contributed by atoms with van der Waals surface area (Å²) in [4.78, 5) is 0. The van der Waals surface area contributed by atoms with Gasteiger partial charge in [0.1, 0.15) is 0 Å². The maximum absolute atomic E-state index is 4.75. The van der Waals surface area contributed by atoms with Crippen molar-refractivity contribution in [3.8, 4) is 0 Å². The SMILES string of the molecule is C=CP(CCCCCCCCCCCC)(CCCCCCCCCCCC)(CCCCCCCCCCCC)Cc1ccccc1. The minimum atomic E-state index is -2.07. The van der Waals surface area contributed by atoms with E-state index in [1.807, 2.05) is 0 Å². The molecule has 0 spiro atoms. The molecule has 1 aromatic rings. The summed E-state index contributed by atoms with van der Waals surface area (Å²) in [7, 11) is 0. The second kappa shape index (κ2) is 30.4. The van der Waals surface area contributed by atoms with Crippen molar-refractivity contribution in [2.75, 3.05) is 18.5 Å². The van der Waals surface area contributed by atoms with E-state index in [-0.39, 0.29) is 0 Å². The topological polar surface area (TPSA) is 0 Å². The van der Waals surface area contributed by atoms with Gasteiger partial charge in [0.15, 0.2) is 0 Å². The molecule has 0 N–H and O–H groups in total. The molecule has 0 aliphatic rings. The summed E-state index contributed by atoms with van der Waals surface area (Å²) < 4.78 is 0. The Kier molecular flexibility index (Phi) is 28.7. The molecule has 0 amide bonds. The summed E-state index contributed by atoms with van der Waals surface area (Å²) >= 11 is 0. The summed E-state index contributed by atoms with van der Waals surface area (Å²) in [5, 5.41) is 0. The first-order valence-corrected chi connectivity index (χ1v) is 24.4. The molecule has 0 aromatic heterocycles. The normalized spacial score (nSPS) is 12.7. The quantitative estimate of drug-likeness (QED) is 0.0498. The van der Waals surface area contributed by atoms with Gasteiger partial charge in [-0.1, -0.05) is 0 Å². The van der Waals surface area contributed by atoms with Crippen LogP contribution in [0.5, 0.6) is 0 Å². The summed E-state index contributed by atoms with van der Waals surface area (Å²) in [5.74, 6) is 2.65. The molecule has 1 aromatic carbocycles. The van der Waals surface area contributed by atoms with Gasteiger partial charge in [0, 0.05) is 0 Å². The van der Waals surface area contributed by atoms with Gasteiger partial charge < -0.3 is 0 Å². The third-order valence-corrected chi connectivity index (χ3v) is 18.1. The standard InChI is InChI=1S/C45H85P/c1-5-9-12-15-18-21-24-27-30-36-41-46(8-4,44-45-39-34-33-35-40-45,42-37-31-28-25-22-19-16-13-10-6-2)43-38-32-29-26-23-20-17-14-11-7-3/h8,33-35,39-40H,4-7,9-32,36-38,41-44H2,1-3H3. The zero-order chi connectivity index (χ0) is 33.3. The zero-order valence-electron chi connectivity index (χ0n) is 32.2. The summed E-state index contributed by atoms with van der Waals surface area (Å²) in [6.07, 6.45) is 48.8. The van der Waals surface area contributed by atoms with E-state index in [9.17, 15) is 0 Å². The van der Waals surface area contributed by atoms with Crippen LogP contribution in [0.15, 0.2) is 42.7 Å². The Bertz CT molecular complexity index is 704. The number of rotatable bonds is 36. The number of unbranched alkanes of at least 4 members (excludes halogenated alkanes) is 27. The van der Waals surface area contributed by atoms with E-state index < -0.39 is 6.60 Å². The molecule has 0 aliphatic heterocycles. The average molecular weight is 657 g/mol. The van der Waals surface area contributed by atoms with E-state index in [4.69, 9.17) is 6.58 Å². The Morgan fingerprint density at radius 2 is 0.652 bits per heavy atom. The van der Waals surface area contributed by atoms with Crippen LogP contribution in [0.1, 0.15) is 219 Å². The van der Waals surface area contributed by atoms with E-state index in [1.165, 1.54) is 217 Å². The Labute approximate surface area is 292 Å². The van der Waals surface area contributed by atoms with Crippen molar-refractivity contribution >= 4 is 6.60 Å². The van der Waals surface area contributed by atoms with E-state index >= 15 is 0 Å². The van der Waals surface area contributed by atoms with Crippen LogP contribution in [0, 0.1) is 0 Å². The van der Waals surface area contributed by atoms with Gasteiger partial charge in [-0.2, -0.15) is 0 Å². The molecule has 0 fully saturated rings. The van der Waals surface area contributed by atoms with Crippen LogP contribution in [0.25, 0.3) is 0 Å². The Morgan fingerprint density at radius 1 is 0.391 bits per heavy atom. The Balaban J connectivity index is 2.78. The van der Waals surface area contributed by atoms with Gasteiger partial charge in [-0.3, -0.25) is 0 Å². The van der Waals surface area contributed by atoms with Crippen molar-refractivity contribution in [3.05, 3.63) is 48.3 Å². The molecule has 0 unspecified atom stereocenters. The fourth-order valence-corrected chi connectivity index (χ4v) is 14.3. The first-order valence-electron chi connectivity index (χ1n) is 21.3. The molecule has 0 saturated carbocycles. The van der Waals surface area contributed by atoms with Gasteiger partial charge in [-0.05, 0) is 0 Å². The van der Waals surface area contributed by atoms with E-state index in [1.54, 1.807) is 5.56 Å². The van der Waals surface area contributed by atoms with Crippen LogP contribution < -0.4 is 0 Å². The van der Waals surface area contributed by atoms with E-state index in [0.717, 1.165) is 0 Å². The van der Waals surface area contributed by atoms with Crippen molar-refractivity contribution in [2.45, 2.75) is 220 Å². The second-order valence-electron chi connectivity index (χ2n) is 15.6. The number of benzene rings is 1. The minimum absolute atomic E-state index is 1.32. The Morgan fingerprint density at radius 3 is 0.913 bits per heavy atom. The zero-order valence-corrected chi connectivity index (χ0v) is 33.1. The molecule has 270 valence electrons. The fourth-order valence-electron chi connectivity index (χ4n) is 8.06. The van der Waals surface area contributed by atoms with Crippen LogP contribution in [0.3, 0.4) is 0 Å². The second-order valence-corrected chi connectivity index (χ2v) is 21.8. The first-order chi connectivity index (χ1) is 22.6. The molecular formula is C45H85P. The van der Waals surface area contributed by atoms with Gasteiger partial charge in [0.25, 0.3) is 0 Å². The van der Waals surface area contributed by atoms with Crippen molar-refractivity contribution in [2.24, 2.45) is 0 Å². The summed E-state index contributed by atoms with van der Waals surface area (Å²) in [5.41, 5.74) is 1.59. The summed E-state index contributed by atoms with van der Waals surface area (Å²) in [6, 6.07) is 11.6. The van der Waals surface area contributed by atoms with Crippen LogP contribution in [0.4, 0.5) is 0 Å². The van der Waals surface area contributed by atoms with E-state index in [0.29, 0.717) is 0 Å². The summed E-state index contributed by atoms with van der Waals surface area (Å²) in [6.45, 7) is 9.65. The number of hydrogen-bond acceptors (Lipinski definition) is 0. The maximum atomic E-state index is 4.75. The molecule has 0 bridgehead atoms. The predicted octanol–water partition coefficient (Wildman–Crippen LogP) is 16.6. The van der Waals surface area contributed by atoms with Crippen LogP contribution >= 0.6 is 6.60 Å². The third-order valence-electron chi connectivity index (χ3n) is 11.3. The molecule has 1 heteroatoms. The van der Waals surface area contributed by atoms with Crippen molar-refractivity contribution in [1.29, 1.82) is 0 Å². The molecule has 1 rings (SSSR count). The van der Waals surface area contributed by atoms with Gasteiger partial charge >= 0.3 is 293 Å². The molecule has 0 heterocycles. The number of hydrogen-bond donors (Lipinski definition) is 0. The molecule has 0 aliphatic carbocycles. The molecule has 0 radical (unpaired) electrons. The average Bonchev–Trinajstić information content (AvgIpc) is 3.08. The van der Waals surface area contributed by atoms with Crippen molar-refractivity contribution in [1.82, 2.24) is 0 Å². The monoisotopic (exact) mass is 657 g/mol. The van der Waals surface area contributed by atoms with Crippen molar-refractivity contribution in [3.63, 3.8) is 0 Å². The van der Waals surface area contributed by atoms with Crippen LogP contribution in [0.2, 0.25) is 0 Å². The van der Waals surface area contributed by atoms with Gasteiger partial charge in [0.2, 0.25) is 0 Å². The first kappa shape index (κ1) is 43.4. The predicted molar refractivity (Wildman–Crippen MR) is 217 cm³/mol. The van der Waals surface area contributed by atoms with E-state index in [2.05, 4.69) is 56.9 Å². The third kappa shape index (κ3) is 22.1. The van der Waals surface area contributed by atoms with Crippen LogP contribution in [-0.4, -0.2) is 18.5 Å². The molecule has 0 saturated heterocycles. The molecule has 0 nitrogen and oxygen atoms in total. The molecular weight excluding hydrogens is 571 g/mol. The van der Waals surface area contributed by atoms with Gasteiger partial charge in [0.05, 0.1) is 0 Å². The van der Waals surface area contributed by atoms with Gasteiger partial charge in [-0.15, -0.1) is 0 Å². The fraction of sp³-hybridized carbons (Fsp3) is 0.822. The molecule has 0 atom stereocenters. The van der Waals surface area contributed by atoms with Gasteiger partial charge in [-0.25, -0.2) is 0 Å². The molecule has 46 heavy (non-hydrogen) atoms. The van der Waals surface area contributed by atoms with Crippen LogP contribution in [-0.2, 0) is 6.16 Å². The van der Waals surface area contributed by atoms with Crippen molar-refractivity contribution < 1.29 is 0 Å². The Hall–Kier alpha value is -0.610.